The van der Waals surface area contributed by atoms with Crippen LogP contribution in [0, 0.1) is 6.92 Å². The summed E-state index contributed by atoms with van der Waals surface area (Å²) in [4.78, 5) is 21.8. The number of aromatic nitrogens is 3. The van der Waals surface area contributed by atoms with Gasteiger partial charge in [0, 0.05) is 30.1 Å². The Morgan fingerprint density at radius 3 is 2.30 bits per heavy atom. The van der Waals surface area contributed by atoms with Crippen molar-refractivity contribution >= 4 is 36.0 Å². The van der Waals surface area contributed by atoms with Crippen LogP contribution in [0.4, 0.5) is 26.3 Å². The SMILES string of the molecule is CB=C(/C=C\C)C(F)(F)F.CC.CCSc1cc(C)cnc1-c1nc2c(n1C)C(=O)CC(C(F)(F)F)=C2. The number of halogens is 6. The molecule has 0 N–H and O–H groups in total. The van der Waals surface area contributed by atoms with Crippen molar-refractivity contribution in [2.75, 3.05) is 5.75 Å². The second kappa shape index (κ2) is 13.8. The summed E-state index contributed by atoms with van der Waals surface area (Å²) in [7, 11) is 1.63. The first kappa shape index (κ1) is 32.4. The van der Waals surface area contributed by atoms with Gasteiger partial charge in [0.15, 0.2) is 11.6 Å². The number of imidazole rings is 1. The minimum Gasteiger partial charge on any atom is -0.323 e. The van der Waals surface area contributed by atoms with Crippen LogP contribution in [0.25, 0.3) is 17.6 Å². The number of Topliss-reactive ketones (excluding diaryl/α,β-unsaturated/α-hetero) is 1. The quantitative estimate of drug-likeness (QED) is 0.227. The van der Waals surface area contributed by atoms with Crippen LogP contribution in [-0.2, 0) is 7.05 Å². The summed E-state index contributed by atoms with van der Waals surface area (Å²) in [5.41, 5.74) is 0.330. The van der Waals surface area contributed by atoms with Crippen molar-refractivity contribution < 1.29 is 31.1 Å². The molecule has 2 heterocycles. The predicted molar refractivity (Wildman–Crippen MR) is 139 cm³/mol. The average Bonchev–Trinajstić information content (AvgIpc) is 3.15. The van der Waals surface area contributed by atoms with E-state index in [4.69, 9.17) is 0 Å². The monoisotopic (exact) mass is 545 g/mol. The molecule has 2 aromatic heterocycles. The molecule has 0 bridgehead atoms. The van der Waals surface area contributed by atoms with Gasteiger partial charge >= 0.3 is 63.8 Å². The molecule has 2 aromatic rings. The summed E-state index contributed by atoms with van der Waals surface area (Å²) in [6, 6.07) is 1.96. The number of ketones is 1. The first-order chi connectivity index (χ1) is 17.2. The summed E-state index contributed by atoms with van der Waals surface area (Å²) in [5, 5.41) is 0. The van der Waals surface area contributed by atoms with Crippen molar-refractivity contribution in [3.63, 3.8) is 0 Å². The molecule has 0 radical (unpaired) electrons. The van der Waals surface area contributed by atoms with Gasteiger partial charge in [0.25, 0.3) is 0 Å². The normalized spacial score (nSPS) is 13.7. The van der Waals surface area contributed by atoms with Crippen LogP contribution < -0.4 is 0 Å². The number of pyridine rings is 1. The van der Waals surface area contributed by atoms with E-state index >= 15 is 0 Å². The summed E-state index contributed by atoms with van der Waals surface area (Å²) in [6.07, 6.45) is -4.35. The van der Waals surface area contributed by atoms with E-state index in [0.29, 0.717) is 11.5 Å². The second-order valence-corrected chi connectivity index (χ2v) is 8.84. The van der Waals surface area contributed by atoms with Gasteiger partial charge in [0.2, 0.25) is 0 Å². The minimum absolute atomic E-state index is 0.0518. The van der Waals surface area contributed by atoms with Crippen molar-refractivity contribution in [2.24, 2.45) is 7.05 Å². The molecule has 1 aliphatic carbocycles. The van der Waals surface area contributed by atoms with Crippen LogP contribution in [0.1, 0.15) is 55.9 Å². The standard InChI is InChI=1S/C17H16F3N3OS.C6H8BF3.C2H6/c1-4-25-13-5-9(2)8-21-14(13)16-22-11-6-10(17(18,19)20)7-12(24)15(11)23(16)3;1-3-4-5(7-2)6(8,9)10;1-2/h5-6,8H,4,7H2,1-3H3;3-4H,1-2H3;1-2H3/b;4-3-;. The summed E-state index contributed by atoms with van der Waals surface area (Å²) in [5.74, 6) is 0.635. The summed E-state index contributed by atoms with van der Waals surface area (Å²) < 4.78 is 75.8. The minimum atomic E-state index is -4.53. The van der Waals surface area contributed by atoms with Gasteiger partial charge in [0.1, 0.15) is 11.4 Å². The van der Waals surface area contributed by atoms with E-state index in [9.17, 15) is 31.1 Å². The van der Waals surface area contributed by atoms with Gasteiger partial charge < -0.3 is 4.57 Å². The molecule has 202 valence electrons. The molecule has 1 aliphatic rings. The molecule has 37 heavy (non-hydrogen) atoms. The number of fused-ring (bicyclic) bond motifs is 1. The molecule has 0 saturated heterocycles. The number of carbonyl (C=O) groups is 1. The van der Waals surface area contributed by atoms with E-state index < -0.39 is 35.6 Å². The van der Waals surface area contributed by atoms with Crippen LogP contribution in [0.15, 0.2) is 34.9 Å². The fraction of sp³-hybridized carbons (Fsp3) is 0.440. The maximum Gasteiger partial charge on any atom is 0.413 e. The number of alkyl halides is 6. The molecule has 0 amide bonds. The van der Waals surface area contributed by atoms with Gasteiger partial charge in [0.05, 0.1) is 5.69 Å². The van der Waals surface area contributed by atoms with Crippen LogP contribution in [0.3, 0.4) is 0 Å². The maximum absolute atomic E-state index is 13.0. The fourth-order valence-electron chi connectivity index (χ4n) is 3.33. The van der Waals surface area contributed by atoms with E-state index in [2.05, 4.69) is 9.97 Å². The zero-order valence-corrected chi connectivity index (χ0v) is 22.6. The summed E-state index contributed by atoms with van der Waals surface area (Å²) in [6.45, 7) is 11.9. The van der Waals surface area contributed by atoms with Crippen molar-refractivity contribution in [2.45, 2.75) is 65.1 Å². The molecule has 0 unspecified atom stereocenters. The van der Waals surface area contributed by atoms with E-state index in [1.165, 1.54) is 12.9 Å². The molecule has 0 aromatic carbocycles. The Morgan fingerprint density at radius 1 is 1.22 bits per heavy atom. The van der Waals surface area contributed by atoms with Gasteiger partial charge in [-0.1, -0.05) is 20.8 Å². The summed E-state index contributed by atoms with van der Waals surface area (Å²) >= 11 is 1.57. The second-order valence-electron chi connectivity index (χ2n) is 7.53. The molecule has 0 atom stereocenters. The topological polar surface area (TPSA) is 47.8 Å². The fourth-order valence-corrected chi connectivity index (χ4v) is 4.19. The molecular weight excluding hydrogens is 515 g/mol. The molecule has 12 heteroatoms. The van der Waals surface area contributed by atoms with Crippen molar-refractivity contribution in [1.82, 2.24) is 14.5 Å². The van der Waals surface area contributed by atoms with Gasteiger partial charge in [-0.25, -0.2) is 4.98 Å². The van der Waals surface area contributed by atoms with Gasteiger partial charge in [-0.15, -0.1) is 11.8 Å². The number of carbonyl (C=O) groups excluding carboxylic acids is 1. The third-order valence-corrected chi connectivity index (χ3v) is 5.81. The number of rotatable bonds is 4. The smallest absolute Gasteiger partial charge is 0.323 e. The molecule has 0 fully saturated rings. The van der Waals surface area contributed by atoms with Gasteiger partial charge in [-0.05, 0) is 30.4 Å². The van der Waals surface area contributed by atoms with Crippen LogP contribution in [0.5, 0.6) is 0 Å². The van der Waals surface area contributed by atoms with Crippen LogP contribution in [0.2, 0.25) is 6.82 Å². The zero-order valence-electron chi connectivity index (χ0n) is 21.8. The molecule has 4 nitrogen and oxygen atoms in total. The first-order valence-corrected chi connectivity index (χ1v) is 12.6. The number of nitrogens with zero attached hydrogens (tertiary/aromatic N) is 3. The average molecular weight is 545 g/mol. The Bertz CT molecular complexity index is 1180. The Kier molecular flexibility index (Phi) is 12.1. The zero-order chi connectivity index (χ0) is 28.6. The van der Waals surface area contributed by atoms with E-state index in [0.717, 1.165) is 35.3 Å². The van der Waals surface area contributed by atoms with E-state index in [1.54, 1.807) is 36.5 Å². The number of allylic oxidation sites excluding steroid dienone is 3. The van der Waals surface area contributed by atoms with Crippen molar-refractivity contribution in [3.8, 4) is 11.5 Å². The van der Waals surface area contributed by atoms with Crippen LogP contribution in [-0.4, -0.2) is 50.8 Å². The van der Waals surface area contributed by atoms with Gasteiger partial charge in [-0.3, -0.25) is 9.78 Å². The Morgan fingerprint density at radius 2 is 1.84 bits per heavy atom. The Balaban J connectivity index is 0.000000483. The largest absolute Gasteiger partial charge is 0.413 e. The first-order valence-electron chi connectivity index (χ1n) is 11.6. The molecule has 0 saturated carbocycles. The number of hydrogen-bond acceptors (Lipinski definition) is 4. The molecule has 3 rings (SSSR count). The molecule has 0 spiro atoms. The molecule has 0 aliphatic heterocycles. The van der Waals surface area contributed by atoms with Crippen molar-refractivity contribution in [1.29, 1.82) is 0 Å². The number of thioether (sulfide) groups is 1. The third-order valence-electron chi connectivity index (χ3n) is 4.90. The Hall–Kier alpha value is -2.63. The maximum atomic E-state index is 13.0. The Labute approximate surface area is 218 Å². The number of hydrogen-bond donors (Lipinski definition) is 0. The third kappa shape index (κ3) is 8.44. The molecular formula is C25H30BF6N3OS. The number of aryl methyl sites for hydroxylation is 1. The predicted octanol–water partition coefficient (Wildman–Crippen LogP) is 7.51. The van der Waals surface area contributed by atoms with Gasteiger partial charge in [-0.2, -0.15) is 13.2 Å². The van der Waals surface area contributed by atoms with Crippen molar-refractivity contribution in [3.05, 3.63) is 46.9 Å². The van der Waals surface area contributed by atoms with E-state index in [-0.39, 0.29) is 11.4 Å². The van der Waals surface area contributed by atoms with E-state index in [1.807, 2.05) is 33.8 Å². The van der Waals surface area contributed by atoms with Crippen LogP contribution >= 0.6 is 11.8 Å².